The van der Waals surface area contributed by atoms with Crippen LogP contribution in [-0.2, 0) is 23.5 Å². The van der Waals surface area contributed by atoms with E-state index in [1.807, 2.05) is 13.2 Å². The fraction of sp³-hybridized carbons (Fsp3) is 0.500. The Morgan fingerprint density at radius 2 is 2.14 bits per heavy atom. The molecule has 3 heterocycles. The van der Waals surface area contributed by atoms with Crippen molar-refractivity contribution < 1.29 is 8.42 Å². The Balaban J connectivity index is 1.72. The molecule has 1 saturated heterocycles. The molecule has 118 valence electrons. The molecule has 1 aliphatic heterocycles. The normalized spacial score (nSPS) is 19.6. The first-order chi connectivity index (χ1) is 10.4. The lowest BCUT2D eigenvalue weighted by molar-refractivity contribution is 0.459. The predicted octanol–water partition coefficient (Wildman–Crippen LogP) is 0.701. The number of hydrogen-bond acceptors (Lipinski definition) is 5. The van der Waals surface area contributed by atoms with Crippen molar-refractivity contribution in [3.8, 4) is 11.3 Å². The van der Waals surface area contributed by atoms with Gasteiger partial charge in [-0.25, -0.2) is 17.7 Å². The summed E-state index contributed by atoms with van der Waals surface area (Å²) in [5.74, 6) is 0.299. The number of nitrogens with zero attached hydrogens (tertiary/aromatic N) is 5. The lowest BCUT2D eigenvalue weighted by Gasteiger charge is -2.13. The zero-order valence-electron chi connectivity index (χ0n) is 12.7. The van der Waals surface area contributed by atoms with E-state index in [0.717, 1.165) is 29.8 Å². The first kappa shape index (κ1) is 15.1. The SMILES string of the molecule is Cn1cc(-c2cncc(C[C@@H]3CCN(S(C)(=O)=O)C3)n2)cn1. The Morgan fingerprint density at radius 3 is 2.77 bits per heavy atom. The topological polar surface area (TPSA) is 81.0 Å². The van der Waals surface area contributed by atoms with Gasteiger partial charge in [0.05, 0.1) is 30.0 Å². The Kier molecular flexibility index (Phi) is 3.96. The van der Waals surface area contributed by atoms with Gasteiger partial charge in [-0.2, -0.15) is 5.10 Å². The lowest BCUT2D eigenvalue weighted by Crippen LogP contribution is -2.27. The number of aromatic nitrogens is 4. The average Bonchev–Trinajstić information content (AvgIpc) is 3.08. The minimum absolute atomic E-state index is 0.299. The minimum Gasteiger partial charge on any atom is -0.275 e. The summed E-state index contributed by atoms with van der Waals surface area (Å²) in [5.41, 5.74) is 2.62. The summed E-state index contributed by atoms with van der Waals surface area (Å²) < 4.78 is 26.4. The second-order valence-electron chi connectivity index (χ2n) is 5.78. The Morgan fingerprint density at radius 1 is 1.32 bits per heavy atom. The molecule has 2 aromatic heterocycles. The van der Waals surface area contributed by atoms with E-state index < -0.39 is 10.0 Å². The summed E-state index contributed by atoms with van der Waals surface area (Å²) in [6.45, 7) is 1.16. The van der Waals surface area contributed by atoms with Crippen LogP contribution in [0.1, 0.15) is 12.1 Å². The summed E-state index contributed by atoms with van der Waals surface area (Å²) in [6, 6.07) is 0. The first-order valence-electron chi connectivity index (χ1n) is 7.17. The molecular formula is C14H19N5O2S. The molecule has 22 heavy (non-hydrogen) atoms. The molecule has 0 saturated carbocycles. The van der Waals surface area contributed by atoms with E-state index in [2.05, 4.69) is 15.1 Å². The molecule has 0 radical (unpaired) electrons. The predicted molar refractivity (Wildman–Crippen MR) is 82.5 cm³/mol. The number of rotatable bonds is 4. The third-order valence-electron chi connectivity index (χ3n) is 3.90. The molecule has 0 N–H and O–H groups in total. The third-order valence-corrected chi connectivity index (χ3v) is 5.17. The van der Waals surface area contributed by atoms with Crippen molar-refractivity contribution in [1.29, 1.82) is 0 Å². The number of aryl methyl sites for hydroxylation is 1. The number of sulfonamides is 1. The van der Waals surface area contributed by atoms with Gasteiger partial charge in [-0.3, -0.25) is 9.67 Å². The minimum atomic E-state index is -3.09. The molecule has 2 aromatic rings. The average molecular weight is 321 g/mol. The maximum atomic E-state index is 11.6. The fourth-order valence-corrected chi connectivity index (χ4v) is 3.68. The molecule has 3 rings (SSSR count). The van der Waals surface area contributed by atoms with E-state index >= 15 is 0 Å². The van der Waals surface area contributed by atoms with Crippen LogP contribution in [0.15, 0.2) is 24.8 Å². The molecule has 1 aliphatic rings. The molecule has 0 aromatic carbocycles. The highest BCUT2D eigenvalue weighted by Gasteiger charge is 2.28. The standard InChI is InChI=1S/C14H19N5O2S/c1-18-10-12(6-16-18)14-8-15-7-13(17-14)5-11-3-4-19(9-11)22(2,20)21/h6-8,10-11H,3-5,9H2,1-2H3/t11-/m0/s1. The zero-order valence-corrected chi connectivity index (χ0v) is 13.5. The smallest absolute Gasteiger partial charge is 0.211 e. The van der Waals surface area contributed by atoms with Crippen molar-refractivity contribution in [1.82, 2.24) is 24.1 Å². The van der Waals surface area contributed by atoms with Crippen LogP contribution >= 0.6 is 0 Å². The second kappa shape index (κ2) is 5.77. The molecule has 1 fully saturated rings. The highest BCUT2D eigenvalue weighted by molar-refractivity contribution is 7.88. The number of hydrogen-bond donors (Lipinski definition) is 0. The van der Waals surface area contributed by atoms with E-state index in [9.17, 15) is 8.42 Å². The van der Waals surface area contributed by atoms with Gasteiger partial charge in [-0.05, 0) is 18.8 Å². The third kappa shape index (κ3) is 3.33. The lowest BCUT2D eigenvalue weighted by atomic mass is 10.0. The van der Waals surface area contributed by atoms with Crippen molar-refractivity contribution in [2.75, 3.05) is 19.3 Å². The van der Waals surface area contributed by atoms with Gasteiger partial charge < -0.3 is 0 Å². The van der Waals surface area contributed by atoms with E-state index in [-0.39, 0.29) is 0 Å². The highest BCUT2D eigenvalue weighted by Crippen LogP contribution is 2.23. The van der Waals surface area contributed by atoms with E-state index in [1.54, 1.807) is 23.3 Å². The van der Waals surface area contributed by atoms with Crippen LogP contribution in [0.4, 0.5) is 0 Å². The van der Waals surface area contributed by atoms with Crippen LogP contribution < -0.4 is 0 Å². The van der Waals surface area contributed by atoms with Crippen LogP contribution in [0.2, 0.25) is 0 Å². The van der Waals surface area contributed by atoms with Gasteiger partial charge in [-0.1, -0.05) is 0 Å². The maximum absolute atomic E-state index is 11.6. The molecule has 0 bridgehead atoms. The van der Waals surface area contributed by atoms with E-state index in [1.165, 1.54) is 10.6 Å². The summed E-state index contributed by atoms with van der Waals surface area (Å²) in [5, 5.41) is 4.14. The molecule has 0 unspecified atom stereocenters. The van der Waals surface area contributed by atoms with Gasteiger partial charge in [0.2, 0.25) is 10.0 Å². The van der Waals surface area contributed by atoms with Crippen LogP contribution in [-0.4, -0.2) is 51.8 Å². The summed E-state index contributed by atoms with van der Waals surface area (Å²) in [7, 11) is -1.23. The Labute approximate surface area is 130 Å². The molecule has 0 spiro atoms. The Bertz CT molecular complexity index is 771. The molecule has 0 aliphatic carbocycles. The van der Waals surface area contributed by atoms with Gasteiger partial charge in [0.15, 0.2) is 0 Å². The van der Waals surface area contributed by atoms with Gasteiger partial charge in [-0.15, -0.1) is 0 Å². The molecule has 8 heteroatoms. The molecular weight excluding hydrogens is 302 g/mol. The van der Waals surface area contributed by atoms with Crippen LogP contribution in [0.3, 0.4) is 0 Å². The van der Waals surface area contributed by atoms with Crippen molar-refractivity contribution in [2.45, 2.75) is 12.8 Å². The van der Waals surface area contributed by atoms with Crippen molar-refractivity contribution in [3.05, 3.63) is 30.5 Å². The van der Waals surface area contributed by atoms with Crippen LogP contribution in [0.25, 0.3) is 11.3 Å². The fourth-order valence-electron chi connectivity index (χ4n) is 2.76. The second-order valence-corrected chi connectivity index (χ2v) is 7.76. The molecule has 0 amide bonds. The summed E-state index contributed by atoms with van der Waals surface area (Å²) in [4.78, 5) is 8.87. The van der Waals surface area contributed by atoms with E-state index in [0.29, 0.717) is 19.0 Å². The van der Waals surface area contributed by atoms with Crippen LogP contribution in [0, 0.1) is 5.92 Å². The summed E-state index contributed by atoms with van der Waals surface area (Å²) in [6.07, 6.45) is 10.0. The monoisotopic (exact) mass is 321 g/mol. The maximum Gasteiger partial charge on any atom is 0.211 e. The quantitative estimate of drug-likeness (QED) is 0.828. The largest absolute Gasteiger partial charge is 0.275 e. The van der Waals surface area contributed by atoms with Crippen molar-refractivity contribution >= 4 is 10.0 Å². The van der Waals surface area contributed by atoms with Gasteiger partial charge in [0.1, 0.15) is 0 Å². The molecule has 7 nitrogen and oxygen atoms in total. The molecule has 1 atom stereocenters. The van der Waals surface area contributed by atoms with Crippen LogP contribution in [0.5, 0.6) is 0 Å². The van der Waals surface area contributed by atoms with Gasteiger partial charge >= 0.3 is 0 Å². The first-order valence-corrected chi connectivity index (χ1v) is 9.02. The zero-order chi connectivity index (χ0) is 15.7. The summed E-state index contributed by atoms with van der Waals surface area (Å²) >= 11 is 0. The van der Waals surface area contributed by atoms with E-state index in [4.69, 9.17) is 0 Å². The highest BCUT2D eigenvalue weighted by atomic mass is 32.2. The van der Waals surface area contributed by atoms with Crippen molar-refractivity contribution in [3.63, 3.8) is 0 Å². The Hall–Kier alpha value is -1.80. The van der Waals surface area contributed by atoms with Gasteiger partial charge in [0.25, 0.3) is 0 Å². The van der Waals surface area contributed by atoms with Crippen molar-refractivity contribution in [2.24, 2.45) is 13.0 Å². The van der Waals surface area contributed by atoms with Gasteiger partial charge in [0, 0.05) is 38.1 Å².